The average molecular weight is 422 g/mol. The molecule has 0 aromatic heterocycles. The van der Waals surface area contributed by atoms with Crippen molar-refractivity contribution in [2.24, 2.45) is 0 Å². The first kappa shape index (κ1) is 20.8. The number of rotatable bonds is 7. The topological polar surface area (TPSA) is 83.5 Å². The summed E-state index contributed by atoms with van der Waals surface area (Å²) in [6, 6.07) is 12.6. The molecule has 0 radical (unpaired) electrons. The Hall–Kier alpha value is -1.89. The van der Waals surface area contributed by atoms with Crippen LogP contribution in [0.1, 0.15) is 61.6 Å². The number of hydrogen-bond acceptors (Lipinski definition) is 3. The van der Waals surface area contributed by atoms with Crippen molar-refractivity contribution in [1.29, 1.82) is 0 Å². The van der Waals surface area contributed by atoms with Crippen molar-refractivity contribution in [1.82, 2.24) is 4.72 Å². The molecule has 0 saturated heterocycles. The highest BCUT2D eigenvalue weighted by molar-refractivity contribution is 7.89. The summed E-state index contributed by atoms with van der Waals surface area (Å²) in [4.78, 5) is 11.4. The highest BCUT2D eigenvalue weighted by Crippen LogP contribution is 2.33. The molecule has 1 aliphatic rings. The molecule has 0 spiro atoms. The minimum atomic E-state index is -3.86. The predicted molar refractivity (Wildman–Crippen MR) is 109 cm³/mol. The van der Waals surface area contributed by atoms with E-state index in [0.29, 0.717) is 16.5 Å². The zero-order valence-electron chi connectivity index (χ0n) is 15.5. The predicted octanol–water partition coefficient (Wildman–Crippen LogP) is 4.88. The van der Waals surface area contributed by atoms with E-state index in [1.165, 1.54) is 24.8 Å². The summed E-state index contributed by atoms with van der Waals surface area (Å²) >= 11 is 5.87. The molecule has 1 fully saturated rings. The smallest absolute Gasteiger partial charge is 0.305 e. The van der Waals surface area contributed by atoms with Crippen LogP contribution in [-0.4, -0.2) is 19.5 Å². The van der Waals surface area contributed by atoms with E-state index in [2.05, 4.69) is 4.72 Å². The molecule has 0 aliphatic heterocycles. The monoisotopic (exact) mass is 421 g/mol. The number of carbonyl (C=O) groups is 1. The highest BCUT2D eigenvalue weighted by Gasteiger charge is 2.24. The van der Waals surface area contributed by atoms with Crippen LogP contribution in [0.15, 0.2) is 53.4 Å². The number of halogens is 1. The third-order valence-electron chi connectivity index (χ3n) is 5.22. The first-order valence-electron chi connectivity index (χ1n) is 9.45. The number of carboxylic acid groups (broad SMARTS) is 1. The van der Waals surface area contributed by atoms with E-state index in [4.69, 9.17) is 11.6 Å². The van der Waals surface area contributed by atoms with Crippen molar-refractivity contribution >= 4 is 27.6 Å². The third-order valence-corrected chi connectivity index (χ3v) is 6.96. The van der Waals surface area contributed by atoms with Gasteiger partial charge in [0.25, 0.3) is 0 Å². The fraction of sp³-hybridized carbons (Fsp3) is 0.381. The number of carboxylic acids is 1. The first-order valence-corrected chi connectivity index (χ1v) is 11.3. The van der Waals surface area contributed by atoms with Crippen LogP contribution in [0.2, 0.25) is 5.02 Å². The van der Waals surface area contributed by atoms with Crippen molar-refractivity contribution in [3.8, 4) is 0 Å². The van der Waals surface area contributed by atoms with Gasteiger partial charge in [-0.25, -0.2) is 13.1 Å². The molecule has 0 heterocycles. The molecule has 3 rings (SSSR count). The second kappa shape index (κ2) is 9.07. The van der Waals surface area contributed by atoms with Crippen LogP contribution in [0.4, 0.5) is 0 Å². The summed E-state index contributed by atoms with van der Waals surface area (Å²) in [5, 5.41) is 9.69. The van der Waals surface area contributed by atoms with E-state index in [1.54, 1.807) is 36.4 Å². The summed E-state index contributed by atoms with van der Waals surface area (Å²) in [5.74, 6) is -0.595. The Labute approximate surface area is 170 Å². The van der Waals surface area contributed by atoms with Crippen LogP contribution >= 0.6 is 11.6 Å². The molecular weight excluding hydrogens is 398 g/mol. The number of hydrogen-bond donors (Lipinski definition) is 2. The number of aliphatic carboxylic acids is 1. The molecule has 5 nitrogen and oxygen atoms in total. The van der Waals surface area contributed by atoms with Gasteiger partial charge in [-0.05, 0) is 54.2 Å². The maximum absolute atomic E-state index is 12.8. The second-order valence-corrected chi connectivity index (χ2v) is 9.38. The standard InChI is InChI=1S/C21H24ClNO4S/c22-18-10-6-17(7-11-18)20(14-21(24)25)23-28(26,27)19-12-8-16(9-13-19)15-4-2-1-3-5-15/h6-13,15,20,23H,1-5,14H2,(H,24,25). The lowest BCUT2D eigenvalue weighted by atomic mass is 9.84. The summed E-state index contributed by atoms with van der Waals surface area (Å²) < 4.78 is 28.2. The summed E-state index contributed by atoms with van der Waals surface area (Å²) in [5.41, 5.74) is 1.72. The van der Waals surface area contributed by atoms with Crippen molar-refractivity contribution in [2.45, 2.75) is 55.4 Å². The van der Waals surface area contributed by atoms with E-state index < -0.39 is 22.0 Å². The van der Waals surface area contributed by atoms with E-state index in [9.17, 15) is 18.3 Å². The van der Waals surface area contributed by atoms with Crippen LogP contribution in [0.5, 0.6) is 0 Å². The molecule has 1 saturated carbocycles. The first-order chi connectivity index (χ1) is 13.3. The van der Waals surface area contributed by atoms with Gasteiger partial charge in [0.1, 0.15) is 0 Å². The molecule has 7 heteroatoms. The molecule has 0 amide bonds. The van der Waals surface area contributed by atoms with Gasteiger partial charge in [-0.2, -0.15) is 0 Å². The van der Waals surface area contributed by atoms with Gasteiger partial charge in [0.2, 0.25) is 10.0 Å². The maximum Gasteiger partial charge on any atom is 0.305 e. The molecule has 1 unspecified atom stereocenters. The lowest BCUT2D eigenvalue weighted by molar-refractivity contribution is -0.137. The fourth-order valence-corrected chi connectivity index (χ4v) is 5.06. The number of sulfonamides is 1. The van der Waals surface area contributed by atoms with Crippen LogP contribution < -0.4 is 4.72 Å². The second-order valence-electron chi connectivity index (χ2n) is 7.23. The van der Waals surface area contributed by atoms with Gasteiger partial charge in [-0.1, -0.05) is 55.1 Å². The Morgan fingerprint density at radius 3 is 2.21 bits per heavy atom. The molecule has 150 valence electrons. The molecular formula is C21H24ClNO4S. The summed E-state index contributed by atoms with van der Waals surface area (Å²) in [6.45, 7) is 0. The molecule has 28 heavy (non-hydrogen) atoms. The lowest BCUT2D eigenvalue weighted by Crippen LogP contribution is -2.30. The Morgan fingerprint density at radius 1 is 1.04 bits per heavy atom. The molecule has 1 aliphatic carbocycles. The van der Waals surface area contributed by atoms with Crippen LogP contribution in [0.3, 0.4) is 0 Å². The van der Waals surface area contributed by atoms with Gasteiger partial charge in [0.05, 0.1) is 17.4 Å². The van der Waals surface area contributed by atoms with Gasteiger partial charge >= 0.3 is 5.97 Å². The normalized spacial score (nSPS) is 16.6. The minimum Gasteiger partial charge on any atom is -0.481 e. The van der Waals surface area contributed by atoms with E-state index in [0.717, 1.165) is 12.8 Å². The van der Waals surface area contributed by atoms with Crippen molar-refractivity contribution < 1.29 is 18.3 Å². The average Bonchev–Trinajstić information content (AvgIpc) is 2.68. The number of benzene rings is 2. The largest absolute Gasteiger partial charge is 0.481 e. The third kappa shape index (κ3) is 5.34. The van der Waals surface area contributed by atoms with Crippen molar-refractivity contribution in [2.75, 3.05) is 0 Å². The number of nitrogens with one attached hydrogen (secondary N) is 1. The van der Waals surface area contributed by atoms with Gasteiger partial charge in [-0.15, -0.1) is 0 Å². The molecule has 2 aromatic rings. The summed E-state index contributed by atoms with van der Waals surface area (Å²) in [7, 11) is -3.86. The van der Waals surface area contributed by atoms with Gasteiger partial charge in [-0.3, -0.25) is 4.79 Å². The maximum atomic E-state index is 12.8. The van der Waals surface area contributed by atoms with Crippen LogP contribution in [-0.2, 0) is 14.8 Å². The Morgan fingerprint density at radius 2 is 1.64 bits per heavy atom. The van der Waals surface area contributed by atoms with Gasteiger partial charge in [0, 0.05) is 5.02 Å². The Bertz CT molecular complexity index is 904. The van der Waals surface area contributed by atoms with E-state index in [-0.39, 0.29) is 11.3 Å². The van der Waals surface area contributed by atoms with Crippen LogP contribution in [0, 0.1) is 0 Å². The zero-order chi connectivity index (χ0) is 20.1. The minimum absolute atomic E-state index is 0.136. The van der Waals surface area contributed by atoms with Crippen molar-refractivity contribution in [3.05, 3.63) is 64.7 Å². The Kier molecular flexibility index (Phi) is 6.75. The van der Waals surface area contributed by atoms with Gasteiger partial charge in [0.15, 0.2) is 0 Å². The quantitative estimate of drug-likeness (QED) is 0.667. The van der Waals surface area contributed by atoms with Crippen LogP contribution in [0.25, 0.3) is 0 Å². The molecule has 1 atom stereocenters. The van der Waals surface area contributed by atoms with Gasteiger partial charge < -0.3 is 5.11 Å². The van der Waals surface area contributed by atoms with Crippen molar-refractivity contribution in [3.63, 3.8) is 0 Å². The van der Waals surface area contributed by atoms with E-state index in [1.807, 2.05) is 12.1 Å². The zero-order valence-corrected chi connectivity index (χ0v) is 17.0. The lowest BCUT2D eigenvalue weighted by Gasteiger charge is -2.22. The molecule has 2 aromatic carbocycles. The fourth-order valence-electron chi connectivity index (χ4n) is 3.71. The van der Waals surface area contributed by atoms with E-state index >= 15 is 0 Å². The Balaban J connectivity index is 1.79. The summed E-state index contributed by atoms with van der Waals surface area (Å²) in [6.07, 6.45) is 5.61. The molecule has 0 bridgehead atoms. The highest BCUT2D eigenvalue weighted by atomic mass is 35.5. The molecule has 2 N–H and O–H groups in total. The SMILES string of the molecule is O=C(O)CC(NS(=O)(=O)c1ccc(C2CCCCC2)cc1)c1ccc(Cl)cc1.